The quantitative estimate of drug-likeness (QED) is 0.472. The molecule has 36 heavy (non-hydrogen) atoms. The normalized spacial score (nSPS) is 21.6. The molecule has 1 saturated carbocycles. The fourth-order valence-electron chi connectivity index (χ4n) is 5.98. The highest BCUT2D eigenvalue weighted by atomic mass is 16.5. The fourth-order valence-corrected chi connectivity index (χ4v) is 5.98. The number of nitriles is 1. The molecule has 1 atom stereocenters. The number of ketones is 1. The van der Waals surface area contributed by atoms with Crippen molar-refractivity contribution in [1.29, 1.82) is 5.26 Å². The van der Waals surface area contributed by atoms with Crippen molar-refractivity contribution in [1.82, 2.24) is 9.55 Å². The van der Waals surface area contributed by atoms with E-state index in [0.29, 0.717) is 12.0 Å². The summed E-state index contributed by atoms with van der Waals surface area (Å²) < 4.78 is 7.47. The lowest BCUT2D eigenvalue weighted by Crippen LogP contribution is -2.42. The number of hydrogen-bond donors (Lipinski definition) is 0. The highest BCUT2D eigenvalue weighted by Crippen LogP contribution is 2.40. The molecule has 2 aliphatic rings. The van der Waals surface area contributed by atoms with Crippen LogP contribution in [0.25, 0.3) is 11.0 Å². The van der Waals surface area contributed by atoms with Gasteiger partial charge in [0.1, 0.15) is 11.6 Å². The maximum Gasteiger partial charge on any atom is 0.414 e. The summed E-state index contributed by atoms with van der Waals surface area (Å²) in [7, 11) is 1.42. The van der Waals surface area contributed by atoms with E-state index in [2.05, 4.69) is 16.7 Å². The van der Waals surface area contributed by atoms with E-state index in [1.807, 2.05) is 37.3 Å². The average Bonchev–Trinajstić information content (AvgIpc) is 3.26. The van der Waals surface area contributed by atoms with Gasteiger partial charge in [-0.05, 0) is 82.2 Å². The molecule has 1 aliphatic carbocycles. The Kier molecular flexibility index (Phi) is 6.53. The summed E-state index contributed by atoms with van der Waals surface area (Å²) in [4.78, 5) is 31.5. The number of hydrogen-bond acceptors (Lipinski definition) is 5. The fraction of sp³-hybridized carbons (Fsp3) is 0.448. The monoisotopic (exact) mass is 484 g/mol. The number of Topliss-reactive ketones (excluding diaryl/α,β-unsaturated/α-hetero) is 1. The van der Waals surface area contributed by atoms with E-state index in [1.54, 1.807) is 11.8 Å². The van der Waals surface area contributed by atoms with E-state index >= 15 is 0 Å². The van der Waals surface area contributed by atoms with Crippen LogP contribution in [0.5, 0.6) is 0 Å². The third kappa shape index (κ3) is 4.26. The second-order valence-electron chi connectivity index (χ2n) is 10.2. The van der Waals surface area contributed by atoms with Crippen molar-refractivity contribution >= 4 is 28.6 Å². The average molecular weight is 485 g/mol. The zero-order chi connectivity index (χ0) is 25.4. The number of anilines is 1. The Bertz CT molecular complexity index is 1340. The summed E-state index contributed by atoms with van der Waals surface area (Å²) in [5, 5.41) is 9.17. The number of amides is 1. The van der Waals surface area contributed by atoms with Gasteiger partial charge < -0.3 is 9.30 Å². The standard InChI is InChI=1S/C29H32N4O3/c1-18-4-13-24-25(32(18)29(35)36-3)14-15-26-28(24)31-27(16-20-5-7-21(17-30)8-6-20)33(26)23-11-9-22(10-12-23)19(2)34/h5-8,14-15,18,22-23H,4,9-13,16H2,1-3H3/t18-,22?,23?/m0/s1. The lowest BCUT2D eigenvalue weighted by atomic mass is 9.83. The first-order valence-electron chi connectivity index (χ1n) is 12.8. The number of methoxy groups -OCH3 is 1. The molecule has 2 heterocycles. The zero-order valence-electron chi connectivity index (χ0n) is 21.2. The minimum absolute atomic E-state index is 0.0597. The Hall–Kier alpha value is -3.66. The molecule has 0 spiro atoms. The second-order valence-corrected chi connectivity index (χ2v) is 10.2. The molecule has 3 aromatic rings. The van der Waals surface area contributed by atoms with Crippen LogP contribution in [0, 0.1) is 17.2 Å². The Morgan fingerprint density at radius 2 is 1.81 bits per heavy atom. The minimum Gasteiger partial charge on any atom is -0.452 e. The number of benzene rings is 2. The number of nitrogens with zero attached hydrogens (tertiary/aromatic N) is 4. The number of carbonyl (C=O) groups excluding carboxylic acids is 2. The van der Waals surface area contributed by atoms with E-state index in [4.69, 9.17) is 9.72 Å². The zero-order valence-corrected chi connectivity index (χ0v) is 21.2. The minimum atomic E-state index is -0.345. The van der Waals surface area contributed by atoms with Gasteiger partial charge in [-0.3, -0.25) is 9.69 Å². The molecule has 7 heteroatoms. The largest absolute Gasteiger partial charge is 0.452 e. The first-order valence-corrected chi connectivity index (χ1v) is 12.8. The topological polar surface area (TPSA) is 88.2 Å². The summed E-state index contributed by atoms with van der Waals surface area (Å²) in [6, 6.07) is 14.3. The highest BCUT2D eigenvalue weighted by Gasteiger charge is 2.33. The maximum atomic E-state index is 12.6. The maximum absolute atomic E-state index is 12.6. The molecule has 0 saturated heterocycles. The van der Waals surface area contributed by atoms with Gasteiger partial charge in [-0.15, -0.1) is 0 Å². The number of carbonyl (C=O) groups is 2. The van der Waals surface area contributed by atoms with Crippen LogP contribution in [0.15, 0.2) is 36.4 Å². The van der Waals surface area contributed by atoms with Crippen LogP contribution in [0.2, 0.25) is 0 Å². The molecule has 1 fully saturated rings. The Morgan fingerprint density at radius 1 is 1.08 bits per heavy atom. The molecule has 2 aromatic carbocycles. The first kappa shape index (κ1) is 24.1. The van der Waals surface area contributed by atoms with Gasteiger partial charge in [0, 0.05) is 30.0 Å². The summed E-state index contributed by atoms with van der Waals surface area (Å²) >= 11 is 0. The van der Waals surface area contributed by atoms with Crippen LogP contribution in [-0.2, 0) is 22.4 Å². The van der Waals surface area contributed by atoms with Crippen molar-refractivity contribution in [2.75, 3.05) is 12.0 Å². The van der Waals surface area contributed by atoms with Crippen LogP contribution < -0.4 is 4.90 Å². The Morgan fingerprint density at radius 3 is 2.44 bits per heavy atom. The predicted octanol–water partition coefficient (Wildman–Crippen LogP) is 5.73. The van der Waals surface area contributed by atoms with E-state index in [-0.39, 0.29) is 29.9 Å². The number of aryl methyl sites for hydroxylation is 1. The number of rotatable bonds is 4. The smallest absolute Gasteiger partial charge is 0.414 e. The van der Waals surface area contributed by atoms with Crippen LogP contribution in [0.1, 0.15) is 74.5 Å². The van der Waals surface area contributed by atoms with Crippen molar-refractivity contribution in [2.24, 2.45) is 5.92 Å². The van der Waals surface area contributed by atoms with Gasteiger partial charge >= 0.3 is 6.09 Å². The van der Waals surface area contributed by atoms with Gasteiger partial charge in [0.05, 0.1) is 35.5 Å². The first-order chi connectivity index (χ1) is 17.4. The summed E-state index contributed by atoms with van der Waals surface area (Å²) in [5.74, 6) is 1.42. The number of aromatic nitrogens is 2. The highest BCUT2D eigenvalue weighted by molar-refractivity contribution is 5.95. The molecule has 1 aliphatic heterocycles. The van der Waals surface area contributed by atoms with E-state index < -0.39 is 0 Å². The van der Waals surface area contributed by atoms with Gasteiger partial charge in [-0.25, -0.2) is 9.78 Å². The molecule has 0 radical (unpaired) electrons. The molecule has 0 bridgehead atoms. The number of fused-ring (bicyclic) bond motifs is 3. The molecule has 1 amide bonds. The van der Waals surface area contributed by atoms with Crippen LogP contribution in [-0.4, -0.2) is 34.6 Å². The Balaban J connectivity index is 1.60. The molecule has 0 N–H and O–H groups in total. The van der Waals surface area contributed by atoms with Gasteiger partial charge in [0.15, 0.2) is 0 Å². The molecular formula is C29H32N4O3. The summed E-state index contributed by atoms with van der Waals surface area (Å²) in [5.41, 5.74) is 5.74. The lowest BCUT2D eigenvalue weighted by Gasteiger charge is -2.34. The molecule has 5 rings (SSSR count). The molecular weight excluding hydrogens is 452 g/mol. The summed E-state index contributed by atoms with van der Waals surface area (Å²) in [6.45, 7) is 3.75. The second kappa shape index (κ2) is 9.77. The van der Waals surface area contributed by atoms with Gasteiger partial charge in [-0.2, -0.15) is 5.26 Å². The van der Waals surface area contributed by atoms with Crippen LogP contribution in [0.4, 0.5) is 10.5 Å². The molecule has 1 aromatic heterocycles. The molecule has 186 valence electrons. The number of ether oxygens (including phenoxy) is 1. The predicted molar refractivity (Wildman–Crippen MR) is 138 cm³/mol. The van der Waals surface area contributed by atoms with Gasteiger partial charge in [0.25, 0.3) is 0 Å². The van der Waals surface area contributed by atoms with E-state index in [9.17, 15) is 14.9 Å². The summed E-state index contributed by atoms with van der Waals surface area (Å²) in [6.07, 6.45) is 5.69. The van der Waals surface area contributed by atoms with Crippen molar-refractivity contribution in [3.63, 3.8) is 0 Å². The van der Waals surface area contributed by atoms with Gasteiger partial charge in [0.2, 0.25) is 0 Å². The van der Waals surface area contributed by atoms with Crippen molar-refractivity contribution in [3.05, 3.63) is 58.9 Å². The van der Waals surface area contributed by atoms with Crippen molar-refractivity contribution in [3.8, 4) is 6.07 Å². The van der Waals surface area contributed by atoms with E-state index in [0.717, 1.165) is 72.2 Å². The van der Waals surface area contributed by atoms with E-state index in [1.165, 1.54) is 7.11 Å². The third-order valence-electron chi connectivity index (χ3n) is 7.98. The number of imidazole rings is 1. The molecule has 0 unspecified atom stereocenters. The lowest BCUT2D eigenvalue weighted by molar-refractivity contribution is -0.121. The Labute approximate surface area is 211 Å². The van der Waals surface area contributed by atoms with Crippen LogP contribution >= 0.6 is 0 Å². The van der Waals surface area contributed by atoms with Gasteiger partial charge in [-0.1, -0.05) is 12.1 Å². The SMILES string of the molecule is COC(=O)N1c2ccc3c(nc(Cc4ccc(C#N)cc4)n3C3CCC(C(C)=O)CC3)c2CC[C@@H]1C. The van der Waals surface area contributed by atoms with Crippen LogP contribution in [0.3, 0.4) is 0 Å². The van der Waals surface area contributed by atoms with Crippen molar-refractivity contribution in [2.45, 2.75) is 70.9 Å². The molecule has 7 nitrogen and oxygen atoms in total. The third-order valence-corrected chi connectivity index (χ3v) is 7.98. The van der Waals surface area contributed by atoms with Crippen molar-refractivity contribution < 1.29 is 14.3 Å².